The van der Waals surface area contributed by atoms with Crippen LogP contribution in [0, 0.1) is 20.5 Å². The molecule has 0 bridgehead atoms. The van der Waals surface area contributed by atoms with Gasteiger partial charge in [0, 0.05) is 12.4 Å². The summed E-state index contributed by atoms with van der Waals surface area (Å²) in [6, 6.07) is 16.9. The van der Waals surface area contributed by atoms with Crippen molar-refractivity contribution < 1.29 is 85.8 Å². The molecule has 0 saturated carbocycles. The number of nitrogens with one attached hydrogen (secondary N) is 2. The maximum Gasteiger partial charge on any atom is 2.00 e. The molecule has 0 aliphatic rings. The number of aromatic nitrogens is 3. The zero-order valence-corrected chi connectivity index (χ0v) is 22.8. The minimum atomic E-state index is -4.94. The summed E-state index contributed by atoms with van der Waals surface area (Å²) < 4.78 is 67.9. The molecule has 3 heterocycles. The van der Waals surface area contributed by atoms with E-state index in [2.05, 4.69) is 36.0 Å². The molecule has 0 atom stereocenters. The van der Waals surface area contributed by atoms with Crippen LogP contribution in [0.15, 0.2) is 77.2 Å². The molecule has 17 nitrogen and oxygen atoms in total. The Kier molecular flexibility index (Phi) is 20.9. The molecule has 1 radical (unpaired) electrons. The summed E-state index contributed by atoms with van der Waals surface area (Å²) in [5, 5.41) is 8.67. The monoisotopic (exact) mass is 636 g/mol. The fourth-order valence-corrected chi connectivity index (χ4v) is 2.09. The van der Waals surface area contributed by atoms with E-state index in [1.54, 1.807) is 12.4 Å². The normalized spacial score (nSPS) is 11.0. The molecule has 0 unspecified atom stereocenters. The number of halogens is 2. The van der Waals surface area contributed by atoms with Gasteiger partial charge in [-0.3, -0.25) is 10.9 Å². The standard InChI is InChI=1S/C19H19N7.2ClHO4.Mn.2H2O/c1-14(23-25-18-10-3-5-12-20-18)16-8-7-9-17(22-16)15(2)24-26-19-11-4-6-13-21-19;2*2-1(3,4)5;;;/h3-13H,1-2H3,(H,20,25)(H,21,26);2*(H,2,3,4,5);;2*1H2/q;;;+2;;/b23-14+,24-15+;;;;;. The predicted molar refractivity (Wildman–Crippen MR) is 114 cm³/mol. The molecule has 3 aromatic heterocycles. The van der Waals surface area contributed by atoms with Crippen molar-refractivity contribution in [3.05, 3.63) is 78.4 Å². The Balaban J connectivity index is -0.000000860. The van der Waals surface area contributed by atoms with Crippen molar-refractivity contribution in [3.63, 3.8) is 0 Å². The third-order valence-corrected chi connectivity index (χ3v) is 3.50. The summed E-state index contributed by atoms with van der Waals surface area (Å²) in [5.41, 5.74) is 8.88. The van der Waals surface area contributed by atoms with Crippen molar-refractivity contribution in [2.45, 2.75) is 13.8 Å². The van der Waals surface area contributed by atoms with Crippen molar-refractivity contribution in [3.8, 4) is 0 Å². The van der Waals surface area contributed by atoms with Gasteiger partial charge < -0.3 is 11.0 Å². The second kappa shape index (κ2) is 20.1. The van der Waals surface area contributed by atoms with Crippen LogP contribution in [0.2, 0.25) is 0 Å². The average Bonchev–Trinajstić information content (AvgIpc) is 2.80. The first-order valence-corrected chi connectivity index (χ1v) is 11.8. The summed E-state index contributed by atoms with van der Waals surface area (Å²) in [7, 11) is -9.89. The summed E-state index contributed by atoms with van der Waals surface area (Å²) in [5.74, 6) is 1.36. The number of anilines is 2. The molecule has 20 heteroatoms. The first-order valence-electron chi connectivity index (χ1n) is 9.36. The fourth-order valence-electron chi connectivity index (χ4n) is 2.09. The molecule has 0 amide bonds. The minimum absolute atomic E-state index is 0. The quantitative estimate of drug-likeness (QED) is 0.110. The topological polar surface area (TPSA) is 338 Å². The number of nitrogens with zero attached hydrogens (tertiary/aromatic N) is 5. The molecule has 3 rings (SSSR count). The van der Waals surface area contributed by atoms with Gasteiger partial charge >= 0.3 is 17.1 Å². The Morgan fingerprint density at radius 1 is 0.615 bits per heavy atom. The molecule has 3 aromatic rings. The van der Waals surface area contributed by atoms with Gasteiger partial charge in [-0.15, -0.1) is 20.5 Å². The predicted octanol–water partition coefficient (Wildman–Crippen LogP) is -7.81. The van der Waals surface area contributed by atoms with E-state index in [1.807, 2.05) is 68.4 Å². The molecule has 0 aliphatic carbocycles. The van der Waals surface area contributed by atoms with Crippen LogP contribution in [-0.2, 0) is 28.0 Å². The zero-order valence-electron chi connectivity index (χ0n) is 20.1. The van der Waals surface area contributed by atoms with Gasteiger partial charge in [0.05, 0.1) is 22.8 Å². The van der Waals surface area contributed by atoms with Gasteiger partial charge in [0.15, 0.2) is 0 Å². The van der Waals surface area contributed by atoms with Gasteiger partial charge in [0.2, 0.25) is 0 Å². The van der Waals surface area contributed by atoms with Gasteiger partial charge in [-0.1, -0.05) is 18.2 Å². The van der Waals surface area contributed by atoms with E-state index in [1.165, 1.54) is 0 Å². The summed E-state index contributed by atoms with van der Waals surface area (Å²) in [4.78, 5) is 13.0. The van der Waals surface area contributed by atoms with Crippen LogP contribution in [0.25, 0.3) is 0 Å². The number of rotatable bonds is 6. The number of hydrazone groups is 2. The van der Waals surface area contributed by atoms with Crippen LogP contribution in [0.5, 0.6) is 0 Å². The summed E-state index contributed by atoms with van der Waals surface area (Å²) in [6.07, 6.45) is 3.42. The minimum Gasteiger partial charge on any atom is -0.457 e. The third-order valence-electron chi connectivity index (χ3n) is 3.50. The van der Waals surface area contributed by atoms with E-state index in [0.29, 0.717) is 11.6 Å². The molecule has 0 fully saturated rings. The van der Waals surface area contributed by atoms with Crippen molar-refractivity contribution >= 4 is 23.1 Å². The van der Waals surface area contributed by atoms with Gasteiger partial charge in [-0.2, -0.15) is 10.2 Å². The Morgan fingerprint density at radius 3 is 1.23 bits per heavy atom. The molecule has 0 spiro atoms. The van der Waals surface area contributed by atoms with Crippen molar-refractivity contribution in [1.29, 1.82) is 0 Å². The van der Waals surface area contributed by atoms with Crippen molar-refractivity contribution in [1.82, 2.24) is 15.0 Å². The first-order chi connectivity index (χ1) is 16.7. The van der Waals surface area contributed by atoms with E-state index in [9.17, 15) is 0 Å². The number of pyridine rings is 3. The molecular weight excluding hydrogens is 612 g/mol. The van der Waals surface area contributed by atoms with E-state index >= 15 is 0 Å². The van der Waals surface area contributed by atoms with Crippen LogP contribution < -0.4 is 48.1 Å². The van der Waals surface area contributed by atoms with E-state index in [0.717, 1.165) is 22.8 Å². The van der Waals surface area contributed by atoms with Crippen molar-refractivity contribution in [2.24, 2.45) is 10.2 Å². The molecule has 0 aliphatic heterocycles. The van der Waals surface area contributed by atoms with Crippen LogP contribution in [0.4, 0.5) is 11.6 Å². The molecular formula is C19H25Cl2MnN7O10+2. The Morgan fingerprint density at radius 2 is 0.949 bits per heavy atom. The SMILES string of the molecule is C/C(=N\Nc1ccccn1)c1cccc(/C(C)=N/Nc2ccccn2)n1.[Mn+2].[O-][Cl+3]([O-])([O-])[O-].[O-][Cl+3]([O-])([O-])[O-].[OH3+].[OH3+]. The van der Waals surface area contributed by atoms with E-state index in [-0.39, 0.29) is 28.0 Å². The average molecular weight is 637 g/mol. The number of hydrogen-bond donors (Lipinski definition) is 2. The molecule has 8 N–H and O–H groups in total. The summed E-state index contributed by atoms with van der Waals surface area (Å²) >= 11 is 0. The molecule has 39 heavy (non-hydrogen) atoms. The molecule has 0 aromatic carbocycles. The smallest absolute Gasteiger partial charge is 0.457 e. The van der Waals surface area contributed by atoms with Crippen LogP contribution in [-0.4, -0.2) is 26.4 Å². The van der Waals surface area contributed by atoms with Crippen LogP contribution in [0.3, 0.4) is 0 Å². The maximum absolute atomic E-state index is 8.49. The van der Waals surface area contributed by atoms with E-state index < -0.39 is 20.5 Å². The van der Waals surface area contributed by atoms with Crippen LogP contribution >= 0.6 is 0 Å². The van der Waals surface area contributed by atoms with Gasteiger partial charge in [0.1, 0.15) is 11.6 Å². The summed E-state index contributed by atoms with van der Waals surface area (Å²) in [6.45, 7) is 3.78. The number of hydrogen-bond acceptors (Lipinski definition) is 15. The van der Waals surface area contributed by atoms with Crippen molar-refractivity contribution in [2.75, 3.05) is 10.9 Å². The molecule has 215 valence electrons. The van der Waals surface area contributed by atoms with Gasteiger partial charge in [0.25, 0.3) is 0 Å². The van der Waals surface area contributed by atoms with Gasteiger partial charge in [-0.25, -0.2) is 52.2 Å². The van der Waals surface area contributed by atoms with E-state index in [4.69, 9.17) is 37.3 Å². The second-order valence-corrected chi connectivity index (χ2v) is 7.72. The Bertz CT molecular complexity index is 1030. The largest absolute Gasteiger partial charge is 2.00 e. The van der Waals surface area contributed by atoms with Gasteiger partial charge in [-0.05, 0) is 50.2 Å². The Hall–Kier alpha value is -2.91. The molecule has 0 saturated heterocycles. The van der Waals surface area contributed by atoms with Crippen LogP contribution in [0.1, 0.15) is 25.2 Å². The fraction of sp³-hybridized carbons (Fsp3) is 0.105. The first kappa shape index (κ1) is 40.6. The maximum atomic E-state index is 8.49. The zero-order chi connectivity index (χ0) is 27.2. The Labute approximate surface area is 236 Å². The second-order valence-electron chi connectivity index (χ2n) is 6.21. The third kappa shape index (κ3) is 22.8.